The van der Waals surface area contributed by atoms with Gasteiger partial charge >= 0.3 is 5.97 Å². The Morgan fingerprint density at radius 1 is 0.568 bits per heavy atom. The predicted octanol–water partition coefficient (Wildman–Crippen LogP) is 6.16. The van der Waals surface area contributed by atoms with Crippen LogP contribution in [0.4, 0.5) is 11.4 Å². The summed E-state index contributed by atoms with van der Waals surface area (Å²) in [6, 6.07) is 28.0. The zero-order valence-corrected chi connectivity index (χ0v) is 21.1. The Morgan fingerprint density at radius 3 is 1.49 bits per heavy atom. The Balaban J connectivity index is 1.51. The van der Waals surface area contributed by atoms with Crippen molar-refractivity contribution < 1.29 is 23.7 Å². The van der Waals surface area contributed by atoms with Gasteiger partial charge in [0, 0.05) is 19.2 Å². The second-order valence-corrected chi connectivity index (χ2v) is 8.23. The summed E-state index contributed by atoms with van der Waals surface area (Å²) in [5.74, 6) is 2.29. The molecule has 0 amide bonds. The van der Waals surface area contributed by atoms with Gasteiger partial charge < -0.3 is 29.6 Å². The van der Waals surface area contributed by atoms with Crippen molar-refractivity contribution in [1.29, 1.82) is 0 Å². The molecule has 0 spiro atoms. The molecule has 0 aliphatic heterocycles. The maximum Gasteiger partial charge on any atom is 0.343 e. The van der Waals surface area contributed by atoms with E-state index in [0.717, 1.165) is 34.0 Å². The number of rotatable bonds is 11. The molecule has 0 saturated heterocycles. The van der Waals surface area contributed by atoms with E-state index >= 15 is 0 Å². The van der Waals surface area contributed by atoms with Gasteiger partial charge in [-0.25, -0.2) is 4.79 Å². The molecule has 0 fully saturated rings. The third kappa shape index (κ3) is 6.95. The summed E-state index contributed by atoms with van der Waals surface area (Å²) in [6.07, 6.45) is 0. The zero-order valence-electron chi connectivity index (χ0n) is 21.1. The van der Waals surface area contributed by atoms with E-state index in [-0.39, 0.29) is 0 Å². The summed E-state index contributed by atoms with van der Waals surface area (Å²) in [5.41, 5.74) is 4.33. The van der Waals surface area contributed by atoms with E-state index in [4.69, 9.17) is 18.9 Å². The van der Waals surface area contributed by atoms with Crippen LogP contribution in [-0.4, -0.2) is 27.3 Å². The SMILES string of the molecule is COc1ccc(CNc2ccc(OC(=O)c3ccc(OC)cc3)cc2NCc2ccc(OC)cc2)cc1. The van der Waals surface area contributed by atoms with Gasteiger partial charge in [0.15, 0.2) is 0 Å². The molecule has 0 aliphatic carbocycles. The number of carbonyl (C=O) groups excluding carboxylic acids is 1. The average Bonchev–Trinajstić information content (AvgIpc) is 2.96. The van der Waals surface area contributed by atoms with Gasteiger partial charge in [0.1, 0.15) is 23.0 Å². The Labute approximate surface area is 217 Å². The molecule has 0 aromatic heterocycles. The lowest BCUT2D eigenvalue weighted by atomic mass is 10.1. The van der Waals surface area contributed by atoms with Crippen LogP contribution in [0, 0.1) is 0 Å². The van der Waals surface area contributed by atoms with Crippen LogP contribution in [0.3, 0.4) is 0 Å². The van der Waals surface area contributed by atoms with Crippen LogP contribution in [0.25, 0.3) is 0 Å². The summed E-state index contributed by atoms with van der Waals surface area (Å²) < 4.78 is 21.3. The predicted molar refractivity (Wildman–Crippen MR) is 145 cm³/mol. The molecule has 0 heterocycles. The number of nitrogens with one attached hydrogen (secondary N) is 2. The van der Waals surface area contributed by atoms with Crippen LogP contribution in [0.1, 0.15) is 21.5 Å². The molecular formula is C30H30N2O5. The quantitative estimate of drug-likeness (QED) is 0.190. The summed E-state index contributed by atoms with van der Waals surface area (Å²) in [7, 11) is 4.88. The number of benzene rings is 4. The number of carbonyl (C=O) groups is 1. The first-order valence-electron chi connectivity index (χ1n) is 11.8. The minimum atomic E-state index is -0.442. The monoisotopic (exact) mass is 498 g/mol. The molecule has 190 valence electrons. The Hall–Kier alpha value is -4.65. The van der Waals surface area contributed by atoms with E-state index in [2.05, 4.69) is 10.6 Å². The molecule has 0 aliphatic rings. The molecule has 0 unspecified atom stereocenters. The fraction of sp³-hybridized carbons (Fsp3) is 0.167. The van der Waals surface area contributed by atoms with E-state index in [1.54, 1.807) is 51.7 Å². The van der Waals surface area contributed by atoms with Crippen LogP contribution >= 0.6 is 0 Å². The average molecular weight is 499 g/mol. The van der Waals surface area contributed by atoms with Crippen molar-refractivity contribution in [3.63, 3.8) is 0 Å². The molecule has 37 heavy (non-hydrogen) atoms. The normalized spacial score (nSPS) is 10.4. The Kier molecular flexibility index (Phi) is 8.49. The van der Waals surface area contributed by atoms with Gasteiger partial charge in [0.2, 0.25) is 0 Å². The van der Waals surface area contributed by atoms with Gasteiger partial charge in [0.05, 0.1) is 38.3 Å². The highest BCUT2D eigenvalue weighted by atomic mass is 16.5. The van der Waals surface area contributed by atoms with Crippen molar-refractivity contribution in [2.45, 2.75) is 13.1 Å². The van der Waals surface area contributed by atoms with Crippen molar-refractivity contribution >= 4 is 17.3 Å². The fourth-order valence-electron chi connectivity index (χ4n) is 3.66. The number of ether oxygens (including phenoxy) is 4. The molecule has 0 saturated carbocycles. The molecule has 0 radical (unpaired) electrons. The molecule has 7 nitrogen and oxygen atoms in total. The van der Waals surface area contributed by atoms with Crippen molar-refractivity contribution in [3.8, 4) is 23.0 Å². The van der Waals surface area contributed by atoms with Gasteiger partial charge in [-0.3, -0.25) is 0 Å². The summed E-state index contributed by atoms with van der Waals surface area (Å²) >= 11 is 0. The number of hydrogen-bond donors (Lipinski definition) is 2. The van der Waals surface area contributed by atoms with Gasteiger partial charge in [-0.15, -0.1) is 0 Å². The van der Waals surface area contributed by atoms with E-state index in [1.165, 1.54) is 0 Å². The molecule has 0 atom stereocenters. The van der Waals surface area contributed by atoms with E-state index in [9.17, 15) is 4.79 Å². The molecule has 7 heteroatoms. The van der Waals surface area contributed by atoms with Crippen molar-refractivity contribution in [2.75, 3.05) is 32.0 Å². The standard InChI is InChI=1S/C30H30N2O5/c1-34-24-10-4-21(5-11-24)19-31-28-17-16-27(37-30(33)23-8-14-26(36-3)15-9-23)18-29(28)32-20-22-6-12-25(35-2)13-7-22/h4-18,31-32H,19-20H2,1-3H3. The minimum absolute atomic E-state index is 0.438. The van der Waals surface area contributed by atoms with E-state index in [1.807, 2.05) is 60.7 Å². The van der Waals surface area contributed by atoms with Crippen molar-refractivity contribution in [2.24, 2.45) is 0 Å². The molecule has 4 aromatic carbocycles. The van der Waals surface area contributed by atoms with Gasteiger partial charge in [-0.05, 0) is 71.8 Å². The lowest BCUT2D eigenvalue weighted by Gasteiger charge is -2.16. The smallest absolute Gasteiger partial charge is 0.343 e. The molecule has 4 rings (SSSR count). The number of anilines is 2. The second kappa shape index (κ2) is 12.4. The third-order valence-electron chi connectivity index (χ3n) is 5.81. The maximum absolute atomic E-state index is 12.7. The largest absolute Gasteiger partial charge is 0.497 e. The van der Waals surface area contributed by atoms with Crippen LogP contribution in [-0.2, 0) is 13.1 Å². The minimum Gasteiger partial charge on any atom is -0.497 e. The van der Waals surface area contributed by atoms with Gasteiger partial charge in [-0.1, -0.05) is 24.3 Å². The Bertz CT molecular complexity index is 1300. The lowest BCUT2D eigenvalue weighted by molar-refractivity contribution is 0.0735. The van der Waals surface area contributed by atoms with Crippen molar-refractivity contribution in [1.82, 2.24) is 0 Å². The van der Waals surface area contributed by atoms with Crippen LogP contribution in [0.2, 0.25) is 0 Å². The lowest BCUT2D eigenvalue weighted by Crippen LogP contribution is -2.10. The first-order valence-corrected chi connectivity index (χ1v) is 11.8. The highest BCUT2D eigenvalue weighted by Gasteiger charge is 2.12. The molecule has 4 aromatic rings. The molecule has 0 bridgehead atoms. The summed E-state index contributed by atoms with van der Waals surface area (Å²) in [6.45, 7) is 1.20. The number of esters is 1. The molecular weight excluding hydrogens is 468 g/mol. The van der Waals surface area contributed by atoms with Gasteiger partial charge in [0.25, 0.3) is 0 Å². The topological polar surface area (TPSA) is 78.1 Å². The van der Waals surface area contributed by atoms with Crippen LogP contribution in [0.15, 0.2) is 91.0 Å². The van der Waals surface area contributed by atoms with E-state index in [0.29, 0.717) is 30.2 Å². The molecule has 2 N–H and O–H groups in total. The summed E-state index contributed by atoms with van der Waals surface area (Å²) in [4.78, 5) is 12.7. The van der Waals surface area contributed by atoms with Crippen molar-refractivity contribution in [3.05, 3.63) is 108 Å². The number of methoxy groups -OCH3 is 3. The summed E-state index contributed by atoms with van der Waals surface area (Å²) in [5, 5.41) is 6.93. The van der Waals surface area contributed by atoms with Gasteiger partial charge in [-0.2, -0.15) is 0 Å². The zero-order chi connectivity index (χ0) is 26.0. The first-order chi connectivity index (χ1) is 18.1. The number of hydrogen-bond acceptors (Lipinski definition) is 7. The Morgan fingerprint density at radius 2 is 1.00 bits per heavy atom. The highest BCUT2D eigenvalue weighted by molar-refractivity contribution is 5.91. The second-order valence-electron chi connectivity index (χ2n) is 8.23. The third-order valence-corrected chi connectivity index (χ3v) is 5.81. The van der Waals surface area contributed by atoms with Crippen LogP contribution < -0.4 is 29.6 Å². The highest BCUT2D eigenvalue weighted by Crippen LogP contribution is 2.29. The van der Waals surface area contributed by atoms with E-state index < -0.39 is 5.97 Å². The fourth-order valence-corrected chi connectivity index (χ4v) is 3.66. The maximum atomic E-state index is 12.7. The first kappa shape index (κ1) is 25.4. The van der Waals surface area contributed by atoms with Crippen LogP contribution in [0.5, 0.6) is 23.0 Å².